The molecule has 0 unspecified atom stereocenters. The van der Waals surface area contributed by atoms with E-state index in [-0.39, 0.29) is 31.1 Å². The highest BCUT2D eigenvalue weighted by atomic mass is 32.1. The molecule has 0 atom stereocenters. The molecule has 7 nitrogen and oxygen atoms in total. The summed E-state index contributed by atoms with van der Waals surface area (Å²) in [7, 11) is 0. The molecule has 1 N–H and O–H groups in total. The number of hydrogen-bond acceptors (Lipinski definition) is 6. The Hall–Kier alpha value is -3.26. The lowest BCUT2D eigenvalue weighted by molar-refractivity contribution is -0.143. The summed E-state index contributed by atoms with van der Waals surface area (Å²) in [6.45, 7) is 0.335. The fourth-order valence-corrected chi connectivity index (χ4v) is 4.09. The fraction of sp³-hybridized carbons (Fsp3) is 0.238. The van der Waals surface area contributed by atoms with Crippen molar-refractivity contribution in [3.05, 3.63) is 74.4 Å². The molecule has 8 heteroatoms. The van der Waals surface area contributed by atoms with Crippen LogP contribution in [0.15, 0.2) is 58.1 Å². The number of ether oxygens (including phenoxy) is 1. The zero-order valence-corrected chi connectivity index (χ0v) is 16.4. The first-order valence-electron chi connectivity index (χ1n) is 9.34. The molecule has 0 aliphatic rings. The zero-order valence-electron chi connectivity index (χ0n) is 15.6. The Morgan fingerprint density at radius 3 is 2.76 bits per heavy atom. The van der Waals surface area contributed by atoms with Crippen LogP contribution in [-0.2, 0) is 22.5 Å². The normalized spacial score (nSPS) is 11.2. The molecule has 0 amide bonds. The minimum atomic E-state index is -0.462. The number of rotatable bonds is 7. The highest BCUT2D eigenvalue weighted by molar-refractivity contribution is 7.18. The molecular weight excluding hydrogens is 390 g/mol. The summed E-state index contributed by atoms with van der Waals surface area (Å²) in [5.74, 6) is -0.316. The van der Waals surface area contributed by atoms with Crippen LogP contribution in [0.2, 0.25) is 0 Å². The number of benzene rings is 2. The average molecular weight is 409 g/mol. The smallest absolute Gasteiger partial charge is 0.328 e. The standard InChI is InChI=1S/C21H19N3O4S/c25-19(11-10-18-22-16-8-3-4-9-17(16)29-18)28-13-5-12-24-20(26)14-6-1-2-7-15(14)23-21(24)27/h1-4,6-9H,5,10-13H2,(H,23,27). The lowest BCUT2D eigenvalue weighted by Crippen LogP contribution is -2.35. The second-order valence-electron chi connectivity index (χ2n) is 6.58. The van der Waals surface area contributed by atoms with Gasteiger partial charge in [-0.25, -0.2) is 9.78 Å². The Morgan fingerprint density at radius 2 is 1.90 bits per heavy atom. The van der Waals surface area contributed by atoms with E-state index in [0.29, 0.717) is 23.7 Å². The van der Waals surface area contributed by atoms with Gasteiger partial charge in [0.1, 0.15) is 0 Å². The molecule has 0 bridgehead atoms. The molecule has 4 rings (SSSR count). The van der Waals surface area contributed by atoms with Crippen LogP contribution in [0.4, 0.5) is 0 Å². The molecule has 0 fully saturated rings. The van der Waals surface area contributed by atoms with Gasteiger partial charge in [-0.05, 0) is 30.7 Å². The number of thiazole rings is 1. The van der Waals surface area contributed by atoms with Crippen molar-refractivity contribution >= 4 is 38.4 Å². The van der Waals surface area contributed by atoms with E-state index >= 15 is 0 Å². The minimum absolute atomic E-state index is 0.150. The maximum Gasteiger partial charge on any atom is 0.328 e. The van der Waals surface area contributed by atoms with Gasteiger partial charge >= 0.3 is 11.7 Å². The monoisotopic (exact) mass is 409 g/mol. The first kappa shape index (κ1) is 19.1. The Bertz CT molecular complexity index is 1260. The largest absolute Gasteiger partial charge is 0.466 e. The maximum absolute atomic E-state index is 12.4. The quantitative estimate of drug-likeness (QED) is 0.374. The van der Waals surface area contributed by atoms with Crippen LogP contribution in [0, 0.1) is 0 Å². The van der Waals surface area contributed by atoms with Gasteiger partial charge in [0.15, 0.2) is 0 Å². The maximum atomic E-state index is 12.4. The van der Waals surface area contributed by atoms with Crippen LogP contribution in [0.25, 0.3) is 21.1 Å². The summed E-state index contributed by atoms with van der Waals surface area (Å²) in [6, 6.07) is 14.7. The first-order valence-corrected chi connectivity index (χ1v) is 10.2. The van der Waals surface area contributed by atoms with Gasteiger partial charge in [0.25, 0.3) is 5.56 Å². The molecule has 0 aliphatic carbocycles. The van der Waals surface area contributed by atoms with Gasteiger partial charge in [0, 0.05) is 13.0 Å². The van der Waals surface area contributed by atoms with Gasteiger partial charge in [-0.3, -0.25) is 14.2 Å². The van der Waals surface area contributed by atoms with Crippen molar-refractivity contribution < 1.29 is 9.53 Å². The van der Waals surface area contributed by atoms with Crippen molar-refractivity contribution in [2.75, 3.05) is 6.61 Å². The highest BCUT2D eigenvalue weighted by Gasteiger charge is 2.09. The number of hydrogen-bond donors (Lipinski definition) is 1. The molecule has 2 aromatic heterocycles. The van der Waals surface area contributed by atoms with Crippen molar-refractivity contribution in [2.24, 2.45) is 0 Å². The molecule has 0 aliphatic heterocycles. The molecule has 4 aromatic rings. The lowest BCUT2D eigenvalue weighted by atomic mass is 10.2. The Labute approximate surface area is 169 Å². The molecule has 2 heterocycles. The summed E-state index contributed by atoms with van der Waals surface area (Å²) in [5, 5.41) is 1.36. The Balaban J connectivity index is 1.28. The van der Waals surface area contributed by atoms with Crippen LogP contribution in [0.3, 0.4) is 0 Å². The molecule has 0 saturated heterocycles. The van der Waals surface area contributed by atoms with Crippen molar-refractivity contribution in [1.29, 1.82) is 0 Å². The number of nitrogens with one attached hydrogen (secondary N) is 1. The molecule has 0 saturated carbocycles. The van der Waals surface area contributed by atoms with E-state index in [4.69, 9.17) is 4.74 Å². The Morgan fingerprint density at radius 1 is 1.10 bits per heavy atom. The number of nitrogens with zero attached hydrogens (tertiary/aromatic N) is 2. The number of carbonyl (C=O) groups is 1. The number of esters is 1. The van der Waals surface area contributed by atoms with Crippen LogP contribution in [0.5, 0.6) is 0 Å². The number of aromatic amines is 1. The van der Waals surface area contributed by atoms with E-state index in [9.17, 15) is 14.4 Å². The number of para-hydroxylation sites is 2. The van der Waals surface area contributed by atoms with E-state index in [1.807, 2.05) is 24.3 Å². The lowest BCUT2D eigenvalue weighted by Gasteiger charge is -2.07. The van der Waals surface area contributed by atoms with Crippen LogP contribution in [-0.4, -0.2) is 27.1 Å². The van der Waals surface area contributed by atoms with E-state index in [2.05, 4.69) is 9.97 Å². The number of carbonyl (C=O) groups excluding carboxylic acids is 1. The van der Waals surface area contributed by atoms with Crippen LogP contribution in [0.1, 0.15) is 17.8 Å². The third-order valence-electron chi connectivity index (χ3n) is 4.56. The van der Waals surface area contributed by atoms with Gasteiger partial charge in [0.2, 0.25) is 0 Å². The molecule has 148 valence electrons. The van der Waals surface area contributed by atoms with E-state index in [1.165, 1.54) is 0 Å². The number of aryl methyl sites for hydroxylation is 1. The van der Waals surface area contributed by atoms with Crippen LogP contribution >= 0.6 is 11.3 Å². The van der Waals surface area contributed by atoms with Gasteiger partial charge in [-0.1, -0.05) is 24.3 Å². The summed E-state index contributed by atoms with van der Waals surface area (Å²) >= 11 is 1.57. The molecule has 29 heavy (non-hydrogen) atoms. The van der Waals surface area contributed by atoms with Gasteiger partial charge < -0.3 is 9.72 Å². The Kier molecular flexibility index (Phi) is 5.53. The SMILES string of the molecule is O=C(CCc1nc2ccccc2s1)OCCCn1c(=O)[nH]c2ccccc2c1=O. The summed E-state index contributed by atoms with van der Waals surface area (Å²) in [5.41, 5.74) is 0.648. The second-order valence-corrected chi connectivity index (χ2v) is 7.70. The summed E-state index contributed by atoms with van der Waals surface area (Å²) < 4.78 is 7.47. The highest BCUT2D eigenvalue weighted by Crippen LogP contribution is 2.22. The second kappa shape index (κ2) is 8.40. The zero-order chi connectivity index (χ0) is 20.2. The van der Waals surface area contributed by atoms with Gasteiger partial charge in [-0.15, -0.1) is 11.3 Å². The van der Waals surface area contributed by atoms with Gasteiger partial charge in [-0.2, -0.15) is 0 Å². The topological polar surface area (TPSA) is 94.0 Å². The summed E-state index contributed by atoms with van der Waals surface area (Å²) in [4.78, 5) is 43.7. The van der Waals surface area contributed by atoms with E-state index in [1.54, 1.807) is 35.6 Å². The average Bonchev–Trinajstić information content (AvgIpc) is 3.14. The molecule has 0 radical (unpaired) electrons. The van der Waals surface area contributed by atoms with Crippen molar-refractivity contribution in [1.82, 2.24) is 14.5 Å². The van der Waals surface area contributed by atoms with E-state index in [0.717, 1.165) is 19.8 Å². The molecular formula is C21H19N3O4S. The van der Waals surface area contributed by atoms with Crippen molar-refractivity contribution in [2.45, 2.75) is 25.8 Å². The number of aromatic nitrogens is 3. The van der Waals surface area contributed by atoms with Crippen molar-refractivity contribution in [3.63, 3.8) is 0 Å². The number of H-pyrrole nitrogens is 1. The molecule has 0 spiro atoms. The minimum Gasteiger partial charge on any atom is -0.466 e. The first-order chi connectivity index (χ1) is 14.1. The predicted molar refractivity (Wildman–Crippen MR) is 112 cm³/mol. The van der Waals surface area contributed by atoms with Crippen LogP contribution < -0.4 is 11.2 Å². The number of fused-ring (bicyclic) bond motifs is 2. The fourth-order valence-electron chi connectivity index (χ4n) is 3.12. The molecule has 2 aromatic carbocycles. The predicted octanol–water partition coefficient (Wildman–Crippen LogP) is 2.87. The third-order valence-corrected chi connectivity index (χ3v) is 5.66. The van der Waals surface area contributed by atoms with E-state index < -0.39 is 5.69 Å². The van der Waals surface area contributed by atoms with Gasteiger partial charge in [0.05, 0.1) is 39.2 Å². The third kappa shape index (κ3) is 4.27. The summed E-state index contributed by atoms with van der Waals surface area (Å²) in [6.07, 6.45) is 1.16. The van der Waals surface area contributed by atoms with Crippen molar-refractivity contribution in [3.8, 4) is 0 Å².